The fourth-order valence-electron chi connectivity index (χ4n) is 1.89. The van der Waals surface area contributed by atoms with E-state index in [2.05, 4.69) is 0 Å². The van der Waals surface area contributed by atoms with Crippen molar-refractivity contribution in [1.82, 2.24) is 4.90 Å². The van der Waals surface area contributed by atoms with E-state index in [0.29, 0.717) is 23.5 Å². The number of rotatable bonds is 5. The van der Waals surface area contributed by atoms with Gasteiger partial charge < -0.3 is 20.8 Å². The van der Waals surface area contributed by atoms with E-state index in [-0.39, 0.29) is 23.4 Å². The summed E-state index contributed by atoms with van der Waals surface area (Å²) in [6.07, 6.45) is 2.45. The van der Waals surface area contributed by atoms with Crippen LogP contribution in [0.15, 0.2) is 18.2 Å². The molecule has 4 N–H and O–H groups in total. The monoisotopic (exact) mass is 280 g/mol. The summed E-state index contributed by atoms with van der Waals surface area (Å²) in [4.78, 5) is 14.5. The van der Waals surface area contributed by atoms with Crippen LogP contribution in [0, 0.1) is 0 Å². The second-order valence-electron chi connectivity index (χ2n) is 4.65. The maximum Gasteiger partial charge on any atom is 0.254 e. The molecule has 1 aliphatic rings. The molecule has 0 unspecified atom stereocenters. The molecule has 102 valence electrons. The fraction of sp³-hybridized carbons (Fsp3) is 0.385. The molecule has 0 spiro atoms. The van der Waals surface area contributed by atoms with Crippen LogP contribution in [-0.2, 0) is 0 Å². The highest BCUT2D eigenvalue weighted by atomic mass is 32.1. The highest BCUT2D eigenvalue weighted by Crippen LogP contribution is 2.30. The minimum absolute atomic E-state index is 0.172. The van der Waals surface area contributed by atoms with Gasteiger partial charge in [-0.25, -0.2) is 0 Å². The molecule has 6 heteroatoms. The van der Waals surface area contributed by atoms with E-state index in [0.717, 1.165) is 12.8 Å². The summed E-state index contributed by atoms with van der Waals surface area (Å²) in [6, 6.07) is 4.31. The summed E-state index contributed by atoms with van der Waals surface area (Å²) < 4.78 is 0. The lowest BCUT2D eigenvalue weighted by molar-refractivity contribution is 0.0747. The SMILES string of the molecule is NC(=S)CCN(C(=O)c1ccc(O)c(O)c1)C1CC1. The molecule has 0 heterocycles. The normalized spacial score (nSPS) is 14.1. The molecule has 1 fully saturated rings. The first-order chi connectivity index (χ1) is 8.99. The molecule has 1 aromatic rings. The summed E-state index contributed by atoms with van der Waals surface area (Å²) in [5, 5.41) is 18.7. The number of carbonyl (C=O) groups excluding carboxylic acids is 1. The number of hydrogen-bond acceptors (Lipinski definition) is 4. The molecule has 0 radical (unpaired) electrons. The molecule has 1 aromatic carbocycles. The second kappa shape index (κ2) is 5.44. The number of phenolic OH excluding ortho intramolecular Hbond substituents is 2. The molecule has 1 aliphatic carbocycles. The van der Waals surface area contributed by atoms with Crippen LogP contribution in [0.5, 0.6) is 11.5 Å². The van der Waals surface area contributed by atoms with Crippen molar-refractivity contribution in [3.8, 4) is 11.5 Å². The van der Waals surface area contributed by atoms with Gasteiger partial charge in [-0.3, -0.25) is 4.79 Å². The van der Waals surface area contributed by atoms with E-state index < -0.39 is 0 Å². The van der Waals surface area contributed by atoms with Gasteiger partial charge in [-0.1, -0.05) is 12.2 Å². The Balaban J connectivity index is 2.14. The van der Waals surface area contributed by atoms with Crippen LogP contribution in [-0.4, -0.2) is 38.6 Å². The number of benzene rings is 1. The molecule has 2 rings (SSSR count). The summed E-state index contributed by atoms with van der Waals surface area (Å²) in [5.41, 5.74) is 5.82. The molecule has 1 saturated carbocycles. The zero-order valence-corrected chi connectivity index (χ0v) is 11.2. The highest BCUT2D eigenvalue weighted by Gasteiger charge is 2.32. The van der Waals surface area contributed by atoms with Crippen molar-refractivity contribution in [3.63, 3.8) is 0 Å². The van der Waals surface area contributed by atoms with Crippen LogP contribution in [0.1, 0.15) is 29.6 Å². The molecular formula is C13H16N2O3S. The van der Waals surface area contributed by atoms with Crippen molar-refractivity contribution in [2.75, 3.05) is 6.54 Å². The minimum Gasteiger partial charge on any atom is -0.504 e. The Kier molecular flexibility index (Phi) is 3.90. The lowest BCUT2D eigenvalue weighted by Gasteiger charge is -2.22. The number of nitrogens with two attached hydrogens (primary N) is 1. The third kappa shape index (κ3) is 3.35. The van der Waals surface area contributed by atoms with Gasteiger partial charge in [-0.05, 0) is 31.0 Å². The van der Waals surface area contributed by atoms with E-state index in [1.807, 2.05) is 0 Å². The zero-order valence-electron chi connectivity index (χ0n) is 10.4. The van der Waals surface area contributed by atoms with E-state index in [1.165, 1.54) is 18.2 Å². The van der Waals surface area contributed by atoms with E-state index in [9.17, 15) is 15.0 Å². The first-order valence-corrected chi connectivity index (χ1v) is 6.51. The number of phenols is 2. The van der Waals surface area contributed by atoms with Gasteiger partial charge >= 0.3 is 0 Å². The quantitative estimate of drug-likeness (QED) is 0.560. The molecule has 0 aromatic heterocycles. The Hall–Kier alpha value is -1.82. The fourth-order valence-corrected chi connectivity index (χ4v) is 1.98. The molecule has 0 aliphatic heterocycles. The van der Waals surface area contributed by atoms with Crippen molar-refractivity contribution in [2.45, 2.75) is 25.3 Å². The maximum atomic E-state index is 12.4. The van der Waals surface area contributed by atoms with Crippen LogP contribution in [0.2, 0.25) is 0 Å². The summed E-state index contributed by atoms with van der Waals surface area (Å²) in [7, 11) is 0. The van der Waals surface area contributed by atoms with Crippen LogP contribution in [0.25, 0.3) is 0 Å². The van der Waals surface area contributed by atoms with Gasteiger partial charge in [0.05, 0.1) is 4.99 Å². The Morgan fingerprint density at radius 1 is 1.37 bits per heavy atom. The standard InChI is InChI=1S/C13H16N2O3S/c14-12(19)5-6-15(9-2-3-9)13(18)8-1-4-10(16)11(17)7-8/h1,4,7,9,16-17H,2-3,5-6H2,(H2,14,19). The number of thiocarbonyl (C=S) groups is 1. The van der Waals surface area contributed by atoms with E-state index >= 15 is 0 Å². The van der Waals surface area contributed by atoms with Crippen molar-refractivity contribution >= 4 is 23.1 Å². The van der Waals surface area contributed by atoms with Crippen molar-refractivity contribution < 1.29 is 15.0 Å². The lowest BCUT2D eigenvalue weighted by Crippen LogP contribution is -2.35. The Morgan fingerprint density at radius 2 is 2.05 bits per heavy atom. The van der Waals surface area contributed by atoms with Crippen molar-refractivity contribution in [2.24, 2.45) is 5.73 Å². The van der Waals surface area contributed by atoms with Crippen molar-refractivity contribution in [1.29, 1.82) is 0 Å². The molecule has 5 nitrogen and oxygen atoms in total. The average molecular weight is 280 g/mol. The van der Waals surface area contributed by atoms with Gasteiger partial charge in [0.1, 0.15) is 0 Å². The number of nitrogens with zero attached hydrogens (tertiary/aromatic N) is 1. The molecule has 0 bridgehead atoms. The Labute approximate surface area is 116 Å². The third-order valence-electron chi connectivity index (χ3n) is 3.07. The summed E-state index contributed by atoms with van der Waals surface area (Å²) >= 11 is 4.83. The number of aromatic hydroxyl groups is 2. The van der Waals surface area contributed by atoms with Gasteiger partial charge in [0.25, 0.3) is 5.91 Å². The molecule has 1 amide bonds. The largest absolute Gasteiger partial charge is 0.504 e. The zero-order chi connectivity index (χ0) is 14.0. The topological polar surface area (TPSA) is 86.8 Å². The number of carbonyl (C=O) groups is 1. The first-order valence-electron chi connectivity index (χ1n) is 6.10. The first kappa shape index (κ1) is 13.6. The molecular weight excluding hydrogens is 264 g/mol. The van der Waals surface area contributed by atoms with Gasteiger partial charge in [-0.15, -0.1) is 0 Å². The Morgan fingerprint density at radius 3 is 2.58 bits per heavy atom. The number of hydrogen-bond donors (Lipinski definition) is 3. The van der Waals surface area contributed by atoms with Crippen molar-refractivity contribution in [3.05, 3.63) is 23.8 Å². The summed E-state index contributed by atoms with van der Waals surface area (Å²) in [5.74, 6) is -0.706. The maximum absolute atomic E-state index is 12.4. The predicted octanol–water partition coefficient (Wildman–Crippen LogP) is 1.38. The van der Waals surface area contributed by atoms with Crippen LogP contribution in [0.3, 0.4) is 0 Å². The minimum atomic E-state index is -0.295. The van der Waals surface area contributed by atoms with Crippen LogP contribution >= 0.6 is 12.2 Å². The van der Waals surface area contributed by atoms with Gasteiger partial charge in [-0.2, -0.15) is 0 Å². The Bertz CT molecular complexity index is 515. The smallest absolute Gasteiger partial charge is 0.254 e. The van der Waals surface area contributed by atoms with E-state index in [4.69, 9.17) is 18.0 Å². The molecule has 0 atom stereocenters. The third-order valence-corrected chi connectivity index (χ3v) is 3.27. The van der Waals surface area contributed by atoms with Gasteiger partial charge in [0.15, 0.2) is 11.5 Å². The van der Waals surface area contributed by atoms with Gasteiger partial charge in [0, 0.05) is 24.6 Å². The summed E-state index contributed by atoms with van der Waals surface area (Å²) in [6.45, 7) is 0.487. The highest BCUT2D eigenvalue weighted by molar-refractivity contribution is 7.80. The lowest BCUT2D eigenvalue weighted by atomic mass is 10.1. The average Bonchev–Trinajstić information content (AvgIpc) is 3.16. The molecule has 19 heavy (non-hydrogen) atoms. The van der Waals surface area contributed by atoms with Gasteiger partial charge in [0.2, 0.25) is 0 Å². The predicted molar refractivity (Wildman–Crippen MR) is 75.2 cm³/mol. The van der Waals surface area contributed by atoms with Crippen LogP contribution < -0.4 is 5.73 Å². The van der Waals surface area contributed by atoms with Crippen LogP contribution in [0.4, 0.5) is 0 Å². The number of amides is 1. The van der Waals surface area contributed by atoms with E-state index in [1.54, 1.807) is 4.90 Å². The second-order valence-corrected chi connectivity index (χ2v) is 5.17. The molecule has 0 saturated heterocycles.